The second kappa shape index (κ2) is 7.41. The SMILES string of the molecule is Cc1nn(CCCc2ccccc2)c(C)c1CNC(C)C. The Morgan fingerprint density at radius 2 is 1.86 bits per heavy atom. The molecule has 0 aliphatic heterocycles. The fourth-order valence-corrected chi connectivity index (χ4v) is 2.59. The zero-order valence-corrected chi connectivity index (χ0v) is 13.7. The normalized spacial score (nSPS) is 11.3. The summed E-state index contributed by atoms with van der Waals surface area (Å²) in [4.78, 5) is 0. The Morgan fingerprint density at radius 1 is 1.14 bits per heavy atom. The van der Waals surface area contributed by atoms with Crippen molar-refractivity contribution < 1.29 is 0 Å². The summed E-state index contributed by atoms with van der Waals surface area (Å²) in [5.74, 6) is 0. The Morgan fingerprint density at radius 3 is 2.52 bits per heavy atom. The third-order valence-corrected chi connectivity index (χ3v) is 3.90. The first-order valence-corrected chi connectivity index (χ1v) is 7.88. The zero-order chi connectivity index (χ0) is 15.2. The van der Waals surface area contributed by atoms with E-state index >= 15 is 0 Å². The minimum Gasteiger partial charge on any atom is -0.310 e. The lowest BCUT2D eigenvalue weighted by Gasteiger charge is -2.09. The van der Waals surface area contributed by atoms with E-state index < -0.39 is 0 Å². The number of aryl methyl sites for hydroxylation is 3. The number of nitrogens with one attached hydrogen (secondary N) is 1. The van der Waals surface area contributed by atoms with E-state index in [1.54, 1.807) is 0 Å². The third-order valence-electron chi connectivity index (χ3n) is 3.90. The molecule has 3 heteroatoms. The standard InChI is InChI=1S/C18H27N3/c1-14(2)19-13-18-15(3)20-21(16(18)4)12-8-11-17-9-6-5-7-10-17/h5-7,9-10,14,19H,8,11-13H2,1-4H3. The van der Waals surface area contributed by atoms with Crippen molar-refractivity contribution in [1.29, 1.82) is 0 Å². The van der Waals surface area contributed by atoms with Crippen molar-refractivity contribution in [2.75, 3.05) is 0 Å². The molecule has 0 unspecified atom stereocenters. The summed E-state index contributed by atoms with van der Waals surface area (Å²) in [5, 5.41) is 8.18. The summed E-state index contributed by atoms with van der Waals surface area (Å²) in [7, 11) is 0. The predicted molar refractivity (Wildman–Crippen MR) is 88.4 cm³/mol. The largest absolute Gasteiger partial charge is 0.310 e. The van der Waals surface area contributed by atoms with Gasteiger partial charge in [-0.25, -0.2) is 0 Å². The van der Waals surface area contributed by atoms with Crippen molar-refractivity contribution >= 4 is 0 Å². The van der Waals surface area contributed by atoms with Gasteiger partial charge in [0, 0.05) is 30.4 Å². The molecule has 0 saturated heterocycles. The van der Waals surface area contributed by atoms with Gasteiger partial charge in [0.05, 0.1) is 5.69 Å². The molecule has 3 nitrogen and oxygen atoms in total. The van der Waals surface area contributed by atoms with Crippen LogP contribution in [0.5, 0.6) is 0 Å². The van der Waals surface area contributed by atoms with Crippen LogP contribution in [0.2, 0.25) is 0 Å². The van der Waals surface area contributed by atoms with Crippen molar-refractivity contribution in [2.45, 2.75) is 59.7 Å². The number of benzene rings is 1. The Labute approximate surface area is 128 Å². The van der Waals surface area contributed by atoms with E-state index in [1.165, 1.54) is 16.8 Å². The molecule has 1 N–H and O–H groups in total. The van der Waals surface area contributed by atoms with Crippen LogP contribution in [0.4, 0.5) is 0 Å². The molecular formula is C18H27N3. The summed E-state index contributed by atoms with van der Waals surface area (Å²) in [6.45, 7) is 10.5. The van der Waals surface area contributed by atoms with Gasteiger partial charge in [-0.2, -0.15) is 5.10 Å². The highest BCUT2D eigenvalue weighted by Crippen LogP contribution is 2.14. The molecule has 2 rings (SSSR count). The Hall–Kier alpha value is -1.61. The molecule has 2 aromatic rings. The molecule has 1 aromatic carbocycles. The first-order valence-electron chi connectivity index (χ1n) is 7.88. The van der Waals surface area contributed by atoms with Gasteiger partial charge in [-0.15, -0.1) is 0 Å². The van der Waals surface area contributed by atoms with Crippen LogP contribution in [0.15, 0.2) is 30.3 Å². The van der Waals surface area contributed by atoms with E-state index in [0.29, 0.717) is 6.04 Å². The van der Waals surface area contributed by atoms with E-state index in [9.17, 15) is 0 Å². The van der Waals surface area contributed by atoms with Crippen LogP contribution < -0.4 is 5.32 Å². The van der Waals surface area contributed by atoms with Crippen molar-refractivity contribution in [3.8, 4) is 0 Å². The van der Waals surface area contributed by atoms with Crippen LogP contribution in [-0.2, 0) is 19.5 Å². The topological polar surface area (TPSA) is 29.9 Å². The summed E-state index contributed by atoms with van der Waals surface area (Å²) in [6, 6.07) is 11.2. The van der Waals surface area contributed by atoms with Crippen LogP contribution in [0.25, 0.3) is 0 Å². The van der Waals surface area contributed by atoms with E-state index in [4.69, 9.17) is 5.10 Å². The average Bonchev–Trinajstić information content (AvgIpc) is 2.72. The van der Waals surface area contributed by atoms with Crippen molar-refractivity contribution in [3.05, 3.63) is 52.8 Å². The van der Waals surface area contributed by atoms with Gasteiger partial charge in [-0.05, 0) is 32.3 Å². The molecular weight excluding hydrogens is 258 g/mol. The number of hydrogen-bond donors (Lipinski definition) is 1. The maximum absolute atomic E-state index is 4.70. The summed E-state index contributed by atoms with van der Waals surface area (Å²) in [6.07, 6.45) is 2.24. The second-order valence-corrected chi connectivity index (χ2v) is 6.00. The summed E-state index contributed by atoms with van der Waals surface area (Å²) in [5.41, 5.74) is 5.21. The van der Waals surface area contributed by atoms with Gasteiger partial charge in [0.15, 0.2) is 0 Å². The van der Waals surface area contributed by atoms with Crippen LogP contribution in [0, 0.1) is 13.8 Å². The Kier molecular flexibility index (Phi) is 5.57. The molecule has 0 radical (unpaired) electrons. The van der Waals surface area contributed by atoms with Crippen molar-refractivity contribution in [2.24, 2.45) is 0 Å². The number of nitrogens with zero attached hydrogens (tertiary/aromatic N) is 2. The molecule has 0 aliphatic rings. The van der Waals surface area contributed by atoms with Gasteiger partial charge >= 0.3 is 0 Å². The highest BCUT2D eigenvalue weighted by Gasteiger charge is 2.11. The fourth-order valence-electron chi connectivity index (χ4n) is 2.59. The highest BCUT2D eigenvalue weighted by molar-refractivity contribution is 5.24. The van der Waals surface area contributed by atoms with E-state index in [-0.39, 0.29) is 0 Å². The van der Waals surface area contributed by atoms with Gasteiger partial charge in [-0.1, -0.05) is 44.2 Å². The first kappa shape index (κ1) is 15.8. The third kappa shape index (κ3) is 4.43. The number of hydrogen-bond acceptors (Lipinski definition) is 2. The molecule has 0 atom stereocenters. The van der Waals surface area contributed by atoms with Crippen LogP contribution in [0.3, 0.4) is 0 Å². The summed E-state index contributed by atoms with van der Waals surface area (Å²) >= 11 is 0. The Balaban J connectivity index is 1.93. The fraction of sp³-hybridized carbons (Fsp3) is 0.500. The van der Waals surface area contributed by atoms with Crippen LogP contribution in [-0.4, -0.2) is 15.8 Å². The molecule has 1 aromatic heterocycles. The van der Waals surface area contributed by atoms with E-state index in [2.05, 4.69) is 68.0 Å². The maximum atomic E-state index is 4.70. The van der Waals surface area contributed by atoms with E-state index in [1.807, 2.05) is 0 Å². The van der Waals surface area contributed by atoms with Gasteiger partial charge in [0.25, 0.3) is 0 Å². The van der Waals surface area contributed by atoms with E-state index in [0.717, 1.165) is 31.6 Å². The lowest BCUT2D eigenvalue weighted by atomic mass is 10.1. The zero-order valence-electron chi connectivity index (χ0n) is 13.7. The van der Waals surface area contributed by atoms with Crippen LogP contribution >= 0.6 is 0 Å². The second-order valence-electron chi connectivity index (χ2n) is 6.00. The minimum absolute atomic E-state index is 0.505. The average molecular weight is 285 g/mol. The smallest absolute Gasteiger partial charge is 0.0641 e. The Bertz CT molecular complexity index is 555. The van der Waals surface area contributed by atoms with Crippen molar-refractivity contribution in [3.63, 3.8) is 0 Å². The molecule has 21 heavy (non-hydrogen) atoms. The monoisotopic (exact) mass is 285 g/mol. The molecule has 0 aliphatic carbocycles. The molecule has 0 fully saturated rings. The first-order chi connectivity index (χ1) is 10.1. The maximum Gasteiger partial charge on any atom is 0.0641 e. The quantitative estimate of drug-likeness (QED) is 0.842. The van der Waals surface area contributed by atoms with Gasteiger partial charge in [-0.3, -0.25) is 4.68 Å². The molecule has 0 amide bonds. The molecule has 0 saturated carbocycles. The van der Waals surface area contributed by atoms with Gasteiger partial charge in [0.1, 0.15) is 0 Å². The van der Waals surface area contributed by atoms with Gasteiger partial charge in [0.2, 0.25) is 0 Å². The minimum atomic E-state index is 0.505. The predicted octanol–water partition coefficient (Wildman–Crippen LogP) is 3.63. The molecule has 1 heterocycles. The highest BCUT2D eigenvalue weighted by atomic mass is 15.3. The molecule has 0 bridgehead atoms. The number of rotatable bonds is 7. The molecule has 0 spiro atoms. The number of aromatic nitrogens is 2. The van der Waals surface area contributed by atoms with Crippen molar-refractivity contribution in [1.82, 2.24) is 15.1 Å². The molecule has 114 valence electrons. The lowest BCUT2D eigenvalue weighted by Crippen LogP contribution is -2.22. The lowest BCUT2D eigenvalue weighted by molar-refractivity contribution is 0.557. The van der Waals surface area contributed by atoms with Gasteiger partial charge < -0.3 is 5.32 Å². The van der Waals surface area contributed by atoms with Crippen LogP contribution in [0.1, 0.15) is 42.8 Å². The summed E-state index contributed by atoms with van der Waals surface area (Å²) < 4.78 is 2.16.